The predicted octanol–water partition coefficient (Wildman–Crippen LogP) is 3.01. The van der Waals surface area contributed by atoms with Crippen LogP contribution in [-0.2, 0) is 16.4 Å². The van der Waals surface area contributed by atoms with Crippen LogP contribution >= 0.6 is 0 Å². The van der Waals surface area contributed by atoms with Gasteiger partial charge in [-0.3, -0.25) is 4.79 Å². The summed E-state index contributed by atoms with van der Waals surface area (Å²) < 4.78 is 27.8. The number of aromatic amines is 1. The van der Waals surface area contributed by atoms with Crippen molar-refractivity contribution in [3.05, 3.63) is 57.5 Å². The van der Waals surface area contributed by atoms with Crippen LogP contribution < -0.4 is 5.56 Å². The van der Waals surface area contributed by atoms with Gasteiger partial charge >= 0.3 is 0 Å². The maximum Gasteiger partial charge on any atom is 0.267 e. The Balaban J connectivity index is 1.80. The molecule has 0 spiro atoms. The highest BCUT2D eigenvalue weighted by molar-refractivity contribution is 7.89. The van der Waals surface area contributed by atoms with Gasteiger partial charge in [-0.25, -0.2) is 13.5 Å². The summed E-state index contributed by atoms with van der Waals surface area (Å²) in [6.45, 7) is 4.21. The van der Waals surface area contributed by atoms with Crippen molar-refractivity contribution in [1.82, 2.24) is 14.5 Å². The van der Waals surface area contributed by atoms with E-state index in [0.29, 0.717) is 23.4 Å². The van der Waals surface area contributed by atoms with Crippen LogP contribution in [0.2, 0.25) is 0 Å². The van der Waals surface area contributed by atoms with Gasteiger partial charge in [0.25, 0.3) is 5.56 Å². The lowest BCUT2D eigenvalue weighted by molar-refractivity contribution is 0.261. The summed E-state index contributed by atoms with van der Waals surface area (Å²) in [5.41, 5.74) is 2.04. The third-order valence-corrected chi connectivity index (χ3v) is 7.27. The van der Waals surface area contributed by atoms with Gasteiger partial charge in [0.1, 0.15) is 0 Å². The van der Waals surface area contributed by atoms with E-state index in [9.17, 15) is 13.2 Å². The van der Waals surface area contributed by atoms with E-state index in [1.807, 2.05) is 13.8 Å². The monoisotopic (exact) mass is 389 g/mol. The summed E-state index contributed by atoms with van der Waals surface area (Å²) in [5, 5.41) is 6.35. The Labute approximate surface area is 160 Å². The van der Waals surface area contributed by atoms with Gasteiger partial charge in [0, 0.05) is 24.6 Å². The number of aromatic nitrogens is 2. The Morgan fingerprint density at radius 3 is 2.44 bits per heavy atom. The molecule has 1 aliphatic carbocycles. The first kappa shape index (κ1) is 19.8. The molecule has 1 aromatic carbocycles. The summed E-state index contributed by atoms with van der Waals surface area (Å²) >= 11 is 0. The molecule has 1 aromatic heterocycles. The van der Waals surface area contributed by atoms with Crippen LogP contribution in [0.15, 0.2) is 40.0 Å². The zero-order valence-electron chi connectivity index (χ0n) is 15.9. The zero-order valence-corrected chi connectivity index (χ0v) is 16.8. The highest BCUT2D eigenvalue weighted by Gasteiger charge is 2.30. The summed E-state index contributed by atoms with van der Waals surface area (Å²) in [5.74, 6) is 0. The number of nitrogens with one attached hydrogen (secondary N) is 1. The lowest BCUT2D eigenvalue weighted by Gasteiger charge is -2.32. The maximum absolute atomic E-state index is 13.1. The van der Waals surface area contributed by atoms with Crippen LogP contribution in [0.5, 0.6) is 0 Å². The number of sulfonamides is 1. The molecule has 1 saturated carbocycles. The lowest BCUT2D eigenvalue weighted by Crippen LogP contribution is -2.41. The molecule has 0 atom stereocenters. The standard InChI is InChI=1S/C20H27N3O3S/c1-3-23(18-7-5-4-6-8-18)27(25,26)19-11-9-16(10-12-19)14-17-13-15(2)21-22-20(17)24/h9-13,18H,3-8,14H2,1-2H3,(H,22,24). The van der Waals surface area contributed by atoms with Crippen molar-refractivity contribution in [3.8, 4) is 0 Å². The average molecular weight is 390 g/mol. The number of nitrogens with zero attached hydrogens (tertiary/aromatic N) is 2. The Bertz CT molecular complexity index is 930. The molecule has 0 bridgehead atoms. The summed E-state index contributed by atoms with van der Waals surface area (Å²) in [6, 6.07) is 8.74. The van der Waals surface area contributed by atoms with E-state index in [1.54, 1.807) is 34.6 Å². The Hall–Kier alpha value is -1.99. The van der Waals surface area contributed by atoms with Gasteiger partial charge in [-0.1, -0.05) is 38.3 Å². The quantitative estimate of drug-likeness (QED) is 0.823. The molecular formula is C20H27N3O3S. The van der Waals surface area contributed by atoms with E-state index in [-0.39, 0.29) is 11.6 Å². The van der Waals surface area contributed by atoms with Crippen molar-refractivity contribution in [2.24, 2.45) is 0 Å². The molecule has 146 valence electrons. The fraction of sp³-hybridized carbons (Fsp3) is 0.500. The number of H-pyrrole nitrogens is 1. The van der Waals surface area contributed by atoms with Crippen LogP contribution in [-0.4, -0.2) is 35.5 Å². The number of benzene rings is 1. The second-order valence-corrected chi connectivity index (χ2v) is 9.08. The van der Waals surface area contributed by atoms with Crippen molar-refractivity contribution in [2.45, 2.75) is 63.3 Å². The summed E-state index contributed by atoms with van der Waals surface area (Å²) in [7, 11) is -3.50. The van der Waals surface area contributed by atoms with Crippen molar-refractivity contribution in [1.29, 1.82) is 0 Å². The molecule has 0 aliphatic heterocycles. The maximum atomic E-state index is 13.1. The first-order valence-electron chi connectivity index (χ1n) is 9.58. The third-order valence-electron chi connectivity index (χ3n) is 5.23. The average Bonchev–Trinajstić information content (AvgIpc) is 2.66. The van der Waals surface area contributed by atoms with E-state index >= 15 is 0 Å². The van der Waals surface area contributed by atoms with Crippen LogP contribution in [0.1, 0.15) is 55.8 Å². The minimum atomic E-state index is -3.50. The van der Waals surface area contributed by atoms with E-state index in [1.165, 1.54) is 6.42 Å². The smallest absolute Gasteiger partial charge is 0.267 e. The Morgan fingerprint density at radius 2 is 1.81 bits per heavy atom. The highest BCUT2D eigenvalue weighted by atomic mass is 32.2. The molecule has 7 heteroatoms. The molecule has 0 amide bonds. The van der Waals surface area contributed by atoms with Gasteiger partial charge in [-0.05, 0) is 43.5 Å². The highest BCUT2D eigenvalue weighted by Crippen LogP contribution is 2.27. The molecule has 27 heavy (non-hydrogen) atoms. The third kappa shape index (κ3) is 4.47. The fourth-order valence-electron chi connectivity index (χ4n) is 3.82. The number of aryl methyl sites for hydroxylation is 1. The van der Waals surface area contributed by atoms with Crippen LogP contribution in [0.3, 0.4) is 0 Å². The largest absolute Gasteiger partial charge is 0.268 e. The van der Waals surface area contributed by atoms with Gasteiger partial charge in [0.15, 0.2) is 0 Å². The molecule has 0 radical (unpaired) electrons. The Morgan fingerprint density at radius 1 is 1.15 bits per heavy atom. The van der Waals surface area contributed by atoms with Crippen LogP contribution in [0.4, 0.5) is 0 Å². The van der Waals surface area contributed by atoms with E-state index in [0.717, 1.165) is 36.9 Å². The number of hydrogen-bond acceptors (Lipinski definition) is 4. The first-order valence-corrected chi connectivity index (χ1v) is 11.0. The fourth-order valence-corrected chi connectivity index (χ4v) is 5.51. The van der Waals surface area contributed by atoms with Crippen molar-refractivity contribution < 1.29 is 8.42 Å². The molecular weight excluding hydrogens is 362 g/mol. The molecule has 1 N–H and O–H groups in total. The second kappa shape index (κ2) is 8.35. The summed E-state index contributed by atoms with van der Waals surface area (Å²) in [6.07, 6.45) is 5.70. The van der Waals surface area contributed by atoms with Crippen LogP contribution in [0, 0.1) is 6.92 Å². The number of hydrogen-bond donors (Lipinski definition) is 1. The van der Waals surface area contributed by atoms with E-state index in [2.05, 4.69) is 10.2 Å². The van der Waals surface area contributed by atoms with Gasteiger partial charge < -0.3 is 0 Å². The molecule has 0 unspecified atom stereocenters. The van der Waals surface area contributed by atoms with E-state index in [4.69, 9.17) is 0 Å². The van der Waals surface area contributed by atoms with Crippen molar-refractivity contribution in [2.75, 3.05) is 6.54 Å². The lowest BCUT2D eigenvalue weighted by atomic mass is 9.95. The van der Waals surface area contributed by atoms with Gasteiger partial charge in [0.2, 0.25) is 10.0 Å². The molecule has 0 saturated heterocycles. The first-order chi connectivity index (χ1) is 12.9. The molecule has 1 fully saturated rings. The predicted molar refractivity (Wildman–Crippen MR) is 105 cm³/mol. The zero-order chi connectivity index (χ0) is 19.4. The molecule has 2 aromatic rings. The van der Waals surface area contributed by atoms with Crippen molar-refractivity contribution in [3.63, 3.8) is 0 Å². The van der Waals surface area contributed by atoms with E-state index < -0.39 is 10.0 Å². The molecule has 6 nitrogen and oxygen atoms in total. The SMILES string of the molecule is CCN(C1CCCCC1)S(=O)(=O)c1ccc(Cc2cc(C)n[nH]c2=O)cc1. The Kier molecular flexibility index (Phi) is 6.11. The molecule has 3 rings (SSSR count). The summed E-state index contributed by atoms with van der Waals surface area (Å²) in [4.78, 5) is 12.2. The van der Waals surface area contributed by atoms with Crippen molar-refractivity contribution >= 4 is 10.0 Å². The minimum absolute atomic E-state index is 0.103. The van der Waals surface area contributed by atoms with Gasteiger partial charge in [-0.2, -0.15) is 9.40 Å². The molecule has 1 aliphatic rings. The van der Waals surface area contributed by atoms with Gasteiger partial charge in [0.05, 0.1) is 10.6 Å². The molecule has 1 heterocycles. The van der Waals surface area contributed by atoms with Crippen LogP contribution in [0.25, 0.3) is 0 Å². The minimum Gasteiger partial charge on any atom is -0.268 e. The topological polar surface area (TPSA) is 83.1 Å². The second-order valence-electron chi connectivity index (χ2n) is 7.18. The van der Waals surface area contributed by atoms with Gasteiger partial charge in [-0.15, -0.1) is 0 Å². The number of rotatable bonds is 6. The normalized spacial score (nSPS) is 16.0.